The molecule has 1 atom stereocenters. The summed E-state index contributed by atoms with van der Waals surface area (Å²) >= 11 is 0. The fourth-order valence-corrected chi connectivity index (χ4v) is 3.82. The third-order valence-corrected chi connectivity index (χ3v) is 4.97. The first-order valence-corrected chi connectivity index (χ1v) is 8.59. The van der Waals surface area contributed by atoms with E-state index in [1.165, 1.54) is 25.7 Å². The van der Waals surface area contributed by atoms with Gasteiger partial charge in [0.05, 0.1) is 19.3 Å². The average molecular weight is 296 g/mol. The summed E-state index contributed by atoms with van der Waals surface area (Å²) in [6.45, 7) is 3.30. The predicted molar refractivity (Wildman–Crippen MR) is 79.9 cm³/mol. The highest BCUT2D eigenvalue weighted by Gasteiger charge is 2.33. The molecule has 0 aromatic heterocycles. The Bertz CT molecular complexity index is 338. The van der Waals surface area contributed by atoms with E-state index in [9.17, 15) is 4.79 Å². The van der Waals surface area contributed by atoms with Crippen molar-refractivity contribution < 1.29 is 14.3 Å². The number of amides is 1. The molecule has 0 aromatic carbocycles. The Hall–Kier alpha value is -0.650. The Balaban J connectivity index is 1.44. The largest absolute Gasteiger partial charge is 0.353 e. The van der Waals surface area contributed by atoms with E-state index in [2.05, 4.69) is 10.2 Å². The monoisotopic (exact) mass is 296 g/mol. The number of carbonyl (C=O) groups excluding carboxylic acids is 1. The molecule has 1 unspecified atom stereocenters. The van der Waals surface area contributed by atoms with Crippen LogP contribution in [0.4, 0.5) is 0 Å². The second-order valence-electron chi connectivity index (χ2n) is 6.51. The van der Waals surface area contributed by atoms with Crippen LogP contribution < -0.4 is 5.32 Å². The molecule has 3 fully saturated rings. The summed E-state index contributed by atoms with van der Waals surface area (Å²) < 4.78 is 11.3. The van der Waals surface area contributed by atoms with Gasteiger partial charge in [-0.3, -0.25) is 9.69 Å². The lowest BCUT2D eigenvalue weighted by Crippen LogP contribution is -2.48. The molecule has 0 aromatic rings. The van der Waals surface area contributed by atoms with Gasteiger partial charge in [0.1, 0.15) is 0 Å². The highest BCUT2D eigenvalue weighted by atomic mass is 16.7. The van der Waals surface area contributed by atoms with Gasteiger partial charge >= 0.3 is 0 Å². The van der Waals surface area contributed by atoms with Crippen LogP contribution in [-0.2, 0) is 14.3 Å². The van der Waals surface area contributed by atoms with Gasteiger partial charge in [0.25, 0.3) is 0 Å². The van der Waals surface area contributed by atoms with Gasteiger partial charge in [0.2, 0.25) is 5.91 Å². The molecule has 2 heterocycles. The van der Waals surface area contributed by atoms with E-state index in [-0.39, 0.29) is 12.2 Å². The molecule has 0 bridgehead atoms. The number of hydrogen-bond acceptors (Lipinski definition) is 4. The van der Waals surface area contributed by atoms with Gasteiger partial charge in [0, 0.05) is 19.0 Å². The molecule has 1 amide bonds. The average Bonchev–Trinajstić information content (AvgIpc) is 3.18. The van der Waals surface area contributed by atoms with Gasteiger partial charge in [-0.2, -0.15) is 0 Å². The molecule has 1 N–H and O–H groups in total. The van der Waals surface area contributed by atoms with E-state index in [0.717, 1.165) is 32.4 Å². The fraction of sp³-hybridized carbons (Fsp3) is 0.938. The summed E-state index contributed by atoms with van der Waals surface area (Å²) in [5.41, 5.74) is 0. The number of likely N-dealkylation sites (tertiary alicyclic amines) is 1. The van der Waals surface area contributed by atoms with Crippen LogP contribution in [0.2, 0.25) is 0 Å². The minimum absolute atomic E-state index is 0.0804. The zero-order chi connectivity index (χ0) is 14.5. The molecule has 3 rings (SSSR count). The predicted octanol–water partition coefficient (Wildman–Crippen LogP) is 1.66. The second kappa shape index (κ2) is 7.56. The lowest BCUT2D eigenvalue weighted by Gasteiger charge is -2.37. The first kappa shape index (κ1) is 15.3. The van der Waals surface area contributed by atoms with E-state index in [0.29, 0.717) is 31.7 Å². The van der Waals surface area contributed by atoms with Crippen molar-refractivity contribution in [2.75, 3.05) is 26.3 Å². The number of nitrogens with zero attached hydrogens (tertiary/aromatic N) is 1. The Morgan fingerprint density at radius 1 is 1.05 bits per heavy atom. The third-order valence-electron chi connectivity index (χ3n) is 4.97. The molecule has 1 saturated carbocycles. The molecule has 120 valence electrons. The van der Waals surface area contributed by atoms with Gasteiger partial charge in [0.15, 0.2) is 6.29 Å². The van der Waals surface area contributed by atoms with Gasteiger partial charge in [-0.05, 0) is 32.2 Å². The lowest BCUT2D eigenvalue weighted by atomic mass is 10.0. The smallest absolute Gasteiger partial charge is 0.221 e. The van der Waals surface area contributed by atoms with Crippen LogP contribution in [0, 0.1) is 0 Å². The molecule has 0 radical (unpaired) electrons. The molecule has 2 saturated heterocycles. The quantitative estimate of drug-likeness (QED) is 0.838. The van der Waals surface area contributed by atoms with E-state index in [1.807, 2.05) is 0 Å². The fourth-order valence-electron chi connectivity index (χ4n) is 3.82. The van der Waals surface area contributed by atoms with Crippen LogP contribution in [-0.4, -0.2) is 55.5 Å². The summed E-state index contributed by atoms with van der Waals surface area (Å²) in [7, 11) is 0. The summed E-state index contributed by atoms with van der Waals surface area (Å²) in [5, 5.41) is 3.17. The SMILES string of the molecule is O=C(CCN1CCCCC1C1OCCO1)NC1CCCC1. The zero-order valence-corrected chi connectivity index (χ0v) is 12.9. The second-order valence-corrected chi connectivity index (χ2v) is 6.51. The molecular formula is C16H28N2O3. The topological polar surface area (TPSA) is 50.8 Å². The minimum atomic E-state index is -0.0804. The highest BCUT2D eigenvalue weighted by molar-refractivity contribution is 5.76. The maximum atomic E-state index is 12.1. The van der Waals surface area contributed by atoms with Crippen molar-refractivity contribution in [2.45, 2.75) is 69.7 Å². The maximum absolute atomic E-state index is 12.1. The minimum Gasteiger partial charge on any atom is -0.353 e. The first-order chi connectivity index (χ1) is 10.3. The summed E-state index contributed by atoms with van der Waals surface area (Å²) in [6.07, 6.45) is 8.92. The number of rotatable bonds is 5. The van der Waals surface area contributed by atoms with Crippen molar-refractivity contribution in [3.8, 4) is 0 Å². The van der Waals surface area contributed by atoms with E-state index in [1.54, 1.807) is 0 Å². The number of ether oxygens (including phenoxy) is 2. The molecule has 0 spiro atoms. The molecule has 5 heteroatoms. The van der Waals surface area contributed by atoms with Crippen molar-refractivity contribution >= 4 is 5.91 Å². The highest BCUT2D eigenvalue weighted by Crippen LogP contribution is 2.24. The summed E-state index contributed by atoms with van der Waals surface area (Å²) in [6, 6.07) is 0.761. The van der Waals surface area contributed by atoms with Crippen molar-refractivity contribution in [3.63, 3.8) is 0 Å². The van der Waals surface area contributed by atoms with Crippen molar-refractivity contribution in [2.24, 2.45) is 0 Å². The number of piperidine rings is 1. The van der Waals surface area contributed by atoms with Gasteiger partial charge < -0.3 is 14.8 Å². The Labute approximate surface area is 127 Å². The third kappa shape index (κ3) is 4.18. The summed E-state index contributed by atoms with van der Waals surface area (Å²) in [5.74, 6) is 0.208. The molecule has 3 aliphatic rings. The Morgan fingerprint density at radius 2 is 1.76 bits per heavy atom. The Morgan fingerprint density at radius 3 is 2.52 bits per heavy atom. The zero-order valence-electron chi connectivity index (χ0n) is 12.9. The standard InChI is InChI=1S/C16H28N2O3/c19-15(17-13-5-1-2-6-13)8-10-18-9-4-3-7-14(18)16-20-11-12-21-16/h13-14,16H,1-12H2,(H,17,19). The van der Waals surface area contributed by atoms with Crippen LogP contribution in [0.25, 0.3) is 0 Å². The summed E-state index contributed by atoms with van der Waals surface area (Å²) in [4.78, 5) is 14.5. The van der Waals surface area contributed by atoms with Crippen LogP contribution >= 0.6 is 0 Å². The van der Waals surface area contributed by atoms with Gasteiger partial charge in [-0.25, -0.2) is 0 Å². The van der Waals surface area contributed by atoms with Crippen molar-refractivity contribution in [1.82, 2.24) is 10.2 Å². The number of nitrogens with one attached hydrogen (secondary N) is 1. The van der Waals surface area contributed by atoms with Crippen molar-refractivity contribution in [1.29, 1.82) is 0 Å². The maximum Gasteiger partial charge on any atom is 0.221 e. The van der Waals surface area contributed by atoms with Crippen LogP contribution in [0.15, 0.2) is 0 Å². The molecule has 1 aliphatic carbocycles. The van der Waals surface area contributed by atoms with Gasteiger partial charge in [-0.15, -0.1) is 0 Å². The molecule has 2 aliphatic heterocycles. The normalized spacial score (nSPS) is 29.0. The van der Waals surface area contributed by atoms with Crippen LogP contribution in [0.5, 0.6) is 0 Å². The van der Waals surface area contributed by atoms with E-state index >= 15 is 0 Å². The molecular weight excluding hydrogens is 268 g/mol. The molecule has 5 nitrogen and oxygen atoms in total. The van der Waals surface area contributed by atoms with E-state index in [4.69, 9.17) is 9.47 Å². The number of carbonyl (C=O) groups is 1. The first-order valence-electron chi connectivity index (χ1n) is 8.59. The lowest BCUT2D eigenvalue weighted by molar-refractivity contribution is -0.125. The van der Waals surface area contributed by atoms with E-state index < -0.39 is 0 Å². The van der Waals surface area contributed by atoms with Crippen LogP contribution in [0.1, 0.15) is 51.4 Å². The van der Waals surface area contributed by atoms with Crippen LogP contribution in [0.3, 0.4) is 0 Å². The molecule has 21 heavy (non-hydrogen) atoms. The Kier molecular flexibility index (Phi) is 5.49. The van der Waals surface area contributed by atoms with Gasteiger partial charge in [-0.1, -0.05) is 19.3 Å². The van der Waals surface area contributed by atoms with Crippen molar-refractivity contribution in [3.05, 3.63) is 0 Å². The number of hydrogen-bond donors (Lipinski definition) is 1.